The minimum absolute atomic E-state index is 0.480. The summed E-state index contributed by atoms with van der Waals surface area (Å²) < 4.78 is 1.06. The van der Waals surface area contributed by atoms with E-state index >= 15 is 0 Å². The highest BCUT2D eigenvalue weighted by molar-refractivity contribution is 9.10. The summed E-state index contributed by atoms with van der Waals surface area (Å²) in [6.45, 7) is 2.13. The van der Waals surface area contributed by atoms with Gasteiger partial charge in [-0.1, -0.05) is 28.1 Å². The van der Waals surface area contributed by atoms with Gasteiger partial charge >= 0.3 is 0 Å². The third-order valence-electron chi connectivity index (χ3n) is 3.48. The fraction of sp³-hybridized carbons (Fsp3) is 0.333. The second-order valence-corrected chi connectivity index (χ2v) is 5.89. The Morgan fingerprint density at radius 3 is 2.55 bits per heavy atom. The summed E-state index contributed by atoms with van der Waals surface area (Å²) in [5.74, 6) is 0.718. The summed E-state index contributed by atoms with van der Waals surface area (Å²) >= 11 is 3.48. The fourth-order valence-electron chi connectivity index (χ4n) is 2.37. The lowest BCUT2D eigenvalue weighted by Crippen LogP contribution is -2.35. The number of nitrogens with one attached hydrogen (secondary N) is 2. The second kappa shape index (κ2) is 6.33. The van der Waals surface area contributed by atoms with E-state index in [9.17, 15) is 0 Å². The van der Waals surface area contributed by atoms with Crippen LogP contribution < -0.4 is 10.6 Å². The maximum absolute atomic E-state index is 4.42. The van der Waals surface area contributed by atoms with Crippen LogP contribution >= 0.6 is 15.9 Å². The molecule has 1 aromatic heterocycles. The summed E-state index contributed by atoms with van der Waals surface area (Å²) in [5, 5.41) is 6.75. The molecular formula is C15H17BrN4. The summed E-state index contributed by atoms with van der Waals surface area (Å²) in [5.41, 5.74) is 2.15. The van der Waals surface area contributed by atoms with Crippen molar-refractivity contribution in [1.29, 1.82) is 0 Å². The van der Waals surface area contributed by atoms with Crippen LogP contribution in [0.15, 0.2) is 41.1 Å². The van der Waals surface area contributed by atoms with Crippen molar-refractivity contribution in [2.75, 3.05) is 18.4 Å². The van der Waals surface area contributed by atoms with Gasteiger partial charge in [-0.2, -0.15) is 0 Å². The molecule has 20 heavy (non-hydrogen) atoms. The summed E-state index contributed by atoms with van der Waals surface area (Å²) in [6, 6.07) is 8.63. The Balaban J connectivity index is 1.71. The van der Waals surface area contributed by atoms with Gasteiger partial charge in [-0.05, 0) is 43.6 Å². The highest BCUT2D eigenvalue weighted by Crippen LogP contribution is 2.22. The molecule has 104 valence electrons. The molecule has 4 nitrogen and oxygen atoms in total. The first-order valence-electron chi connectivity index (χ1n) is 6.86. The molecule has 2 aromatic rings. The molecule has 1 aliphatic heterocycles. The molecule has 1 saturated heterocycles. The van der Waals surface area contributed by atoms with Gasteiger partial charge in [0.2, 0.25) is 5.95 Å². The van der Waals surface area contributed by atoms with Crippen LogP contribution in [0.2, 0.25) is 0 Å². The Hall–Kier alpha value is -1.46. The average Bonchev–Trinajstić information content (AvgIpc) is 2.49. The third kappa shape index (κ3) is 3.35. The van der Waals surface area contributed by atoms with Gasteiger partial charge < -0.3 is 10.6 Å². The number of benzene rings is 1. The molecule has 0 bridgehead atoms. The minimum atomic E-state index is 0.480. The van der Waals surface area contributed by atoms with Gasteiger partial charge in [-0.15, -0.1) is 0 Å². The van der Waals surface area contributed by atoms with Gasteiger partial charge in [0.25, 0.3) is 0 Å². The maximum Gasteiger partial charge on any atom is 0.222 e. The van der Waals surface area contributed by atoms with E-state index in [1.54, 1.807) is 0 Å². The van der Waals surface area contributed by atoms with E-state index in [1.165, 1.54) is 0 Å². The molecule has 5 heteroatoms. The van der Waals surface area contributed by atoms with Crippen molar-refractivity contribution in [3.8, 4) is 11.1 Å². The van der Waals surface area contributed by atoms with Gasteiger partial charge in [-0.3, -0.25) is 0 Å². The Bertz CT molecular complexity index is 564. The van der Waals surface area contributed by atoms with Crippen LogP contribution in [0.25, 0.3) is 11.1 Å². The lowest BCUT2D eigenvalue weighted by Gasteiger charge is -2.23. The SMILES string of the molecule is Brc1cccc(-c2cnc(NC3CCNCC3)nc2)c1. The molecule has 0 amide bonds. The molecule has 1 fully saturated rings. The first-order valence-corrected chi connectivity index (χ1v) is 7.66. The van der Waals surface area contributed by atoms with E-state index in [4.69, 9.17) is 0 Å². The van der Waals surface area contributed by atoms with Gasteiger partial charge in [0, 0.05) is 28.5 Å². The predicted octanol–water partition coefficient (Wildman–Crippen LogP) is 3.07. The number of hydrogen-bond donors (Lipinski definition) is 2. The largest absolute Gasteiger partial charge is 0.351 e. The zero-order valence-electron chi connectivity index (χ0n) is 11.1. The van der Waals surface area contributed by atoms with Crippen LogP contribution in [0.1, 0.15) is 12.8 Å². The average molecular weight is 333 g/mol. The number of rotatable bonds is 3. The van der Waals surface area contributed by atoms with Gasteiger partial charge in [0.15, 0.2) is 0 Å². The monoisotopic (exact) mass is 332 g/mol. The normalized spacial score (nSPS) is 16.1. The first kappa shape index (κ1) is 13.5. The van der Waals surface area contributed by atoms with E-state index < -0.39 is 0 Å². The van der Waals surface area contributed by atoms with E-state index in [2.05, 4.69) is 48.7 Å². The van der Waals surface area contributed by atoms with Crippen LogP contribution in [0.3, 0.4) is 0 Å². The summed E-state index contributed by atoms with van der Waals surface area (Å²) in [6.07, 6.45) is 5.99. The number of piperidine rings is 1. The summed E-state index contributed by atoms with van der Waals surface area (Å²) in [4.78, 5) is 8.84. The van der Waals surface area contributed by atoms with Crippen molar-refractivity contribution in [2.45, 2.75) is 18.9 Å². The first-order chi connectivity index (χ1) is 9.81. The van der Waals surface area contributed by atoms with E-state index in [-0.39, 0.29) is 0 Å². The van der Waals surface area contributed by atoms with Crippen LogP contribution in [0.5, 0.6) is 0 Å². The molecule has 0 atom stereocenters. The Labute approximate surface area is 127 Å². The zero-order chi connectivity index (χ0) is 13.8. The van der Waals surface area contributed by atoms with E-state index in [1.807, 2.05) is 24.5 Å². The molecule has 0 radical (unpaired) electrons. The van der Waals surface area contributed by atoms with Crippen molar-refractivity contribution in [2.24, 2.45) is 0 Å². The maximum atomic E-state index is 4.42. The molecule has 2 heterocycles. The molecule has 0 spiro atoms. The molecule has 0 saturated carbocycles. The van der Waals surface area contributed by atoms with E-state index in [0.29, 0.717) is 6.04 Å². The van der Waals surface area contributed by atoms with E-state index in [0.717, 1.165) is 47.5 Å². The lowest BCUT2D eigenvalue weighted by atomic mass is 10.1. The third-order valence-corrected chi connectivity index (χ3v) is 3.98. The van der Waals surface area contributed by atoms with Crippen molar-refractivity contribution < 1.29 is 0 Å². The molecule has 1 aliphatic rings. The molecule has 0 aliphatic carbocycles. The standard InChI is InChI=1S/C15H17BrN4/c16-13-3-1-2-11(8-13)12-9-18-15(19-10-12)20-14-4-6-17-7-5-14/h1-3,8-10,14,17H,4-7H2,(H,18,19,20). The van der Waals surface area contributed by atoms with Crippen molar-refractivity contribution >= 4 is 21.9 Å². The predicted molar refractivity (Wildman–Crippen MR) is 84.7 cm³/mol. The molecule has 3 rings (SSSR count). The second-order valence-electron chi connectivity index (χ2n) is 4.97. The smallest absolute Gasteiger partial charge is 0.222 e. The topological polar surface area (TPSA) is 49.8 Å². The molecular weight excluding hydrogens is 316 g/mol. The number of hydrogen-bond acceptors (Lipinski definition) is 4. The molecule has 1 aromatic carbocycles. The van der Waals surface area contributed by atoms with Crippen molar-refractivity contribution in [1.82, 2.24) is 15.3 Å². The van der Waals surface area contributed by atoms with Crippen molar-refractivity contribution in [3.05, 3.63) is 41.1 Å². The number of aromatic nitrogens is 2. The number of anilines is 1. The van der Waals surface area contributed by atoms with Crippen LogP contribution in [-0.2, 0) is 0 Å². The van der Waals surface area contributed by atoms with Gasteiger partial charge in [0.05, 0.1) is 0 Å². The Morgan fingerprint density at radius 1 is 1.10 bits per heavy atom. The van der Waals surface area contributed by atoms with Crippen LogP contribution in [-0.4, -0.2) is 29.1 Å². The number of nitrogens with zero attached hydrogens (tertiary/aromatic N) is 2. The fourth-order valence-corrected chi connectivity index (χ4v) is 2.77. The lowest BCUT2D eigenvalue weighted by molar-refractivity contribution is 0.477. The summed E-state index contributed by atoms with van der Waals surface area (Å²) in [7, 11) is 0. The Morgan fingerprint density at radius 2 is 1.85 bits per heavy atom. The number of halogens is 1. The molecule has 2 N–H and O–H groups in total. The van der Waals surface area contributed by atoms with Crippen molar-refractivity contribution in [3.63, 3.8) is 0 Å². The zero-order valence-corrected chi connectivity index (χ0v) is 12.7. The Kier molecular flexibility index (Phi) is 4.28. The quantitative estimate of drug-likeness (QED) is 0.906. The van der Waals surface area contributed by atoms with Gasteiger partial charge in [0.1, 0.15) is 0 Å². The van der Waals surface area contributed by atoms with Crippen LogP contribution in [0, 0.1) is 0 Å². The highest BCUT2D eigenvalue weighted by Gasteiger charge is 2.13. The minimum Gasteiger partial charge on any atom is -0.351 e. The van der Waals surface area contributed by atoms with Gasteiger partial charge in [-0.25, -0.2) is 9.97 Å². The van der Waals surface area contributed by atoms with Crippen LogP contribution in [0.4, 0.5) is 5.95 Å². The molecule has 0 unspecified atom stereocenters. The highest BCUT2D eigenvalue weighted by atomic mass is 79.9.